The lowest BCUT2D eigenvalue weighted by Gasteiger charge is -2.10. The van der Waals surface area contributed by atoms with E-state index >= 15 is 0 Å². The number of nitrogen functional groups attached to an aromatic ring is 1. The highest BCUT2D eigenvalue weighted by Gasteiger charge is 2.01. The Kier molecular flexibility index (Phi) is 4.53. The number of aryl methyl sites for hydroxylation is 1. The predicted molar refractivity (Wildman–Crippen MR) is 78.0 cm³/mol. The van der Waals surface area contributed by atoms with Crippen LogP contribution in [0.3, 0.4) is 0 Å². The van der Waals surface area contributed by atoms with E-state index in [9.17, 15) is 0 Å². The SMILES string of the molecule is Cc1ccc(Cl)c(OCCOc2ccc(N)cc2)c1. The summed E-state index contributed by atoms with van der Waals surface area (Å²) in [6.45, 7) is 2.88. The van der Waals surface area contributed by atoms with Crippen LogP contribution in [0.25, 0.3) is 0 Å². The monoisotopic (exact) mass is 277 g/mol. The van der Waals surface area contributed by atoms with Gasteiger partial charge >= 0.3 is 0 Å². The van der Waals surface area contributed by atoms with Crippen LogP contribution in [-0.4, -0.2) is 13.2 Å². The highest BCUT2D eigenvalue weighted by atomic mass is 35.5. The van der Waals surface area contributed by atoms with Gasteiger partial charge in [-0.1, -0.05) is 17.7 Å². The molecule has 0 heterocycles. The van der Waals surface area contributed by atoms with E-state index < -0.39 is 0 Å². The van der Waals surface area contributed by atoms with Crippen LogP contribution in [0.15, 0.2) is 42.5 Å². The summed E-state index contributed by atoms with van der Waals surface area (Å²) < 4.78 is 11.1. The molecular weight excluding hydrogens is 262 g/mol. The Hall–Kier alpha value is -1.87. The second kappa shape index (κ2) is 6.34. The van der Waals surface area contributed by atoms with E-state index in [1.54, 1.807) is 12.1 Å². The average molecular weight is 278 g/mol. The minimum Gasteiger partial charge on any atom is -0.490 e. The number of anilines is 1. The van der Waals surface area contributed by atoms with Crippen LogP contribution in [-0.2, 0) is 0 Å². The zero-order valence-electron chi connectivity index (χ0n) is 10.7. The number of halogens is 1. The van der Waals surface area contributed by atoms with Crippen LogP contribution >= 0.6 is 11.6 Å². The summed E-state index contributed by atoms with van der Waals surface area (Å²) in [5, 5.41) is 0.609. The molecule has 0 fully saturated rings. The van der Waals surface area contributed by atoms with Crippen LogP contribution in [0.4, 0.5) is 5.69 Å². The molecule has 19 heavy (non-hydrogen) atoms. The summed E-state index contributed by atoms with van der Waals surface area (Å²) in [7, 11) is 0. The van der Waals surface area contributed by atoms with Crippen LogP contribution < -0.4 is 15.2 Å². The molecule has 0 saturated carbocycles. The molecule has 0 aliphatic heterocycles. The number of ether oxygens (including phenoxy) is 2. The number of benzene rings is 2. The van der Waals surface area contributed by atoms with Gasteiger partial charge in [0, 0.05) is 5.69 Å². The van der Waals surface area contributed by atoms with Gasteiger partial charge in [-0.3, -0.25) is 0 Å². The molecule has 2 rings (SSSR count). The van der Waals surface area contributed by atoms with Crippen LogP contribution in [0.5, 0.6) is 11.5 Å². The summed E-state index contributed by atoms with van der Waals surface area (Å²) in [6, 6.07) is 12.9. The molecule has 2 aromatic rings. The molecular formula is C15H16ClNO2. The first kappa shape index (κ1) is 13.6. The van der Waals surface area contributed by atoms with E-state index in [0.29, 0.717) is 24.0 Å². The third-order valence-electron chi connectivity index (χ3n) is 2.58. The molecule has 0 aromatic heterocycles. The van der Waals surface area contributed by atoms with Gasteiger partial charge in [0.1, 0.15) is 24.7 Å². The third-order valence-corrected chi connectivity index (χ3v) is 2.89. The topological polar surface area (TPSA) is 44.5 Å². The van der Waals surface area contributed by atoms with Crippen LogP contribution in [0, 0.1) is 6.92 Å². The van der Waals surface area contributed by atoms with E-state index in [0.717, 1.165) is 17.0 Å². The van der Waals surface area contributed by atoms with E-state index in [4.69, 9.17) is 26.8 Å². The maximum Gasteiger partial charge on any atom is 0.138 e. The van der Waals surface area contributed by atoms with Gasteiger partial charge in [-0.05, 0) is 48.9 Å². The van der Waals surface area contributed by atoms with Crippen molar-refractivity contribution in [3.8, 4) is 11.5 Å². The van der Waals surface area contributed by atoms with Gasteiger partial charge in [0.15, 0.2) is 0 Å². The summed E-state index contributed by atoms with van der Waals surface area (Å²) in [5.74, 6) is 1.45. The Morgan fingerprint density at radius 3 is 2.42 bits per heavy atom. The fraction of sp³-hybridized carbons (Fsp3) is 0.200. The van der Waals surface area contributed by atoms with Crippen molar-refractivity contribution in [2.45, 2.75) is 6.92 Å². The zero-order valence-corrected chi connectivity index (χ0v) is 11.5. The fourth-order valence-electron chi connectivity index (χ4n) is 1.60. The lowest BCUT2D eigenvalue weighted by atomic mass is 10.2. The van der Waals surface area contributed by atoms with Crippen molar-refractivity contribution in [1.82, 2.24) is 0 Å². The largest absolute Gasteiger partial charge is 0.490 e. The standard InChI is InChI=1S/C15H16ClNO2/c1-11-2-7-14(16)15(10-11)19-9-8-18-13-5-3-12(17)4-6-13/h2-7,10H,8-9,17H2,1H3. The molecule has 2 aromatic carbocycles. The summed E-state index contributed by atoms with van der Waals surface area (Å²) in [6.07, 6.45) is 0. The molecule has 0 amide bonds. The van der Waals surface area contributed by atoms with Crippen molar-refractivity contribution < 1.29 is 9.47 Å². The summed E-state index contributed by atoms with van der Waals surface area (Å²) in [5.41, 5.74) is 7.42. The Labute approximate surface area is 117 Å². The Balaban J connectivity index is 1.80. The molecule has 0 bridgehead atoms. The minimum atomic E-state index is 0.438. The maximum absolute atomic E-state index is 6.03. The second-order valence-electron chi connectivity index (χ2n) is 4.20. The molecule has 0 aliphatic rings. The molecule has 0 radical (unpaired) electrons. The molecule has 0 aliphatic carbocycles. The minimum absolute atomic E-state index is 0.438. The molecule has 3 nitrogen and oxygen atoms in total. The van der Waals surface area contributed by atoms with Crippen molar-refractivity contribution in [3.05, 3.63) is 53.1 Å². The van der Waals surface area contributed by atoms with Crippen LogP contribution in [0.1, 0.15) is 5.56 Å². The lowest BCUT2D eigenvalue weighted by molar-refractivity contribution is 0.217. The molecule has 0 unspecified atom stereocenters. The normalized spacial score (nSPS) is 10.2. The quantitative estimate of drug-likeness (QED) is 0.670. The van der Waals surface area contributed by atoms with Gasteiger partial charge in [0.2, 0.25) is 0 Å². The maximum atomic E-state index is 6.03. The lowest BCUT2D eigenvalue weighted by Crippen LogP contribution is -2.09. The smallest absolute Gasteiger partial charge is 0.138 e. The van der Waals surface area contributed by atoms with Crippen LogP contribution in [0.2, 0.25) is 5.02 Å². The van der Waals surface area contributed by atoms with Crippen molar-refractivity contribution >= 4 is 17.3 Å². The van der Waals surface area contributed by atoms with Crippen molar-refractivity contribution in [1.29, 1.82) is 0 Å². The van der Waals surface area contributed by atoms with Gasteiger partial charge in [-0.25, -0.2) is 0 Å². The first-order valence-corrected chi connectivity index (χ1v) is 6.40. The summed E-state index contributed by atoms with van der Waals surface area (Å²) >= 11 is 6.03. The highest BCUT2D eigenvalue weighted by Crippen LogP contribution is 2.25. The van der Waals surface area contributed by atoms with Crippen molar-refractivity contribution in [2.75, 3.05) is 18.9 Å². The van der Waals surface area contributed by atoms with Gasteiger partial charge in [0.25, 0.3) is 0 Å². The van der Waals surface area contributed by atoms with E-state index in [1.165, 1.54) is 0 Å². The van der Waals surface area contributed by atoms with Gasteiger partial charge in [0.05, 0.1) is 5.02 Å². The van der Waals surface area contributed by atoms with Gasteiger partial charge in [-0.2, -0.15) is 0 Å². The molecule has 100 valence electrons. The molecule has 0 saturated heterocycles. The highest BCUT2D eigenvalue weighted by molar-refractivity contribution is 6.32. The Morgan fingerprint density at radius 1 is 1.00 bits per heavy atom. The molecule has 2 N–H and O–H groups in total. The van der Waals surface area contributed by atoms with Crippen molar-refractivity contribution in [3.63, 3.8) is 0 Å². The van der Waals surface area contributed by atoms with Gasteiger partial charge in [-0.15, -0.1) is 0 Å². The molecule has 0 atom stereocenters. The Morgan fingerprint density at radius 2 is 1.68 bits per heavy atom. The first-order chi connectivity index (χ1) is 9.15. The average Bonchev–Trinajstić information content (AvgIpc) is 2.40. The van der Waals surface area contributed by atoms with E-state index in [-0.39, 0.29) is 0 Å². The number of hydrogen-bond donors (Lipinski definition) is 1. The third kappa shape index (κ3) is 4.07. The Bertz CT molecular complexity index is 540. The van der Waals surface area contributed by atoms with E-state index in [1.807, 2.05) is 37.3 Å². The van der Waals surface area contributed by atoms with Gasteiger partial charge < -0.3 is 15.2 Å². The number of nitrogens with two attached hydrogens (primary N) is 1. The fourth-order valence-corrected chi connectivity index (χ4v) is 1.77. The number of rotatable bonds is 5. The van der Waals surface area contributed by atoms with Crippen molar-refractivity contribution in [2.24, 2.45) is 0 Å². The van der Waals surface area contributed by atoms with E-state index in [2.05, 4.69) is 0 Å². The second-order valence-corrected chi connectivity index (χ2v) is 4.61. The summed E-state index contributed by atoms with van der Waals surface area (Å²) in [4.78, 5) is 0. The number of hydrogen-bond acceptors (Lipinski definition) is 3. The molecule has 4 heteroatoms. The molecule has 0 spiro atoms. The predicted octanol–water partition coefficient (Wildman–Crippen LogP) is 3.69. The zero-order chi connectivity index (χ0) is 13.7. The first-order valence-electron chi connectivity index (χ1n) is 6.02.